The predicted molar refractivity (Wildman–Crippen MR) is 79.9 cm³/mol. The quantitative estimate of drug-likeness (QED) is 0.785. The van der Waals surface area contributed by atoms with Crippen molar-refractivity contribution < 1.29 is 14.7 Å². The largest absolute Gasteiger partial charge is 0.480 e. The second kappa shape index (κ2) is 7.11. The van der Waals surface area contributed by atoms with Gasteiger partial charge in [-0.05, 0) is 12.0 Å². The fourth-order valence-electron chi connectivity index (χ4n) is 2.61. The van der Waals surface area contributed by atoms with Gasteiger partial charge in [-0.25, -0.2) is 9.59 Å². The number of hydrogen-bond acceptors (Lipinski definition) is 2. The summed E-state index contributed by atoms with van der Waals surface area (Å²) in [5, 5.41) is 9.35. The molecule has 0 bridgehead atoms. The van der Waals surface area contributed by atoms with Crippen LogP contribution in [-0.4, -0.2) is 46.0 Å². The molecule has 114 valence electrons. The van der Waals surface area contributed by atoms with E-state index < -0.39 is 12.0 Å². The van der Waals surface area contributed by atoms with Gasteiger partial charge in [0.15, 0.2) is 0 Å². The van der Waals surface area contributed by atoms with E-state index >= 15 is 0 Å². The standard InChI is InChI=1S/C16H22N2O3/c1-2-3-7-10-17-12-14(15(19)20)18(16(17)21)11-13-8-5-4-6-9-13/h4-6,8-9,14H,2-3,7,10-12H2,1H3,(H,19,20)/t14-/m0/s1. The third-order valence-corrected chi connectivity index (χ3v) is 3.80. The summed E-state index contributed by atoms with van der Waals surface area (Å²) in [7, 11) is 0. The van der Waals surface area contributed by atoms with E-state index in [1.165, 1.54) is 4.90 Å². The second-order valence-corrected chi connectivity index (χ2v) is 5.40. The number of rotatable bonds is 7. The molecule has 1 aromatic rings. The van der Waals surface area contributed by atoms with E-state index in [0.29, 0.717) is 13.1 Å². The molecule has 0 unspecified atom stereocenters. The van der Waals surface area contributed by atoms with E-state index in [1.807, 2.05) is 30.3 Å². The van der Waals surface area contributed by atoms with Crippen LogP contribution in [-0.2, 0) is 11.3 Å². The summed E-state index contributed by atoms with van der Waals surface area (Å²) in [5.74, 6) is -0.933. The Labute approximate surface area is 125 Å². The second-order valence-electron chi connectivity index (χ2n) is 5.40. The van der Waals surface area contributed by atoms with E-state index in [1.54, 1.807) is 4.90 Å². The lowest BCUT2D eigenvalue weighted by atomic mass is 10.2. The average Bonchev–Trinajstić information content (AvgIpc) is 2.78. The van der Waals surface area contributed by atoms with Crippen LogP contribution in [0.1, 0.15) is 31.7 Å². The molecular weight excluding hydrogens is 268 g/mol. The third kappa shape index (κ3) is 3.74. The number of urea groups is 1. The van der Waals surface area contributed by atoms with Gasteiger partial charge >= 0.3 is 12.0 Å². The first-order valence-electron chi connectivity index (χ1n) is 7.45. The summed E-state index contributed by atoms with van der Waals surface area (Å²) < 4.78 is 0. The minimum atomic E-state index is -0.933. The van der Waals surface area contributed by atoms with Crippen molar-refractivity contribution in [3.63, 3.8) is 0 Å². The van der Waals surface area contributed by atoms with Crippen LogP contribution in [0, 0.1) is 0 Å². The summed E-state index contributed by atoms with van der Waals surface area (Å²) in [4.78, 5) is 26.9. The van der Waals surface area contributed by atoms with Crippen LogP contribution in [0.4, 0.5) is 4.79 Å². The predicted octanol–water partition coefficient (Wildman–Crippen LogP) is 2.57. The fraction of sp³-hybridized carbons (Fsp3) is 0.500. The molecule has 0 aliphatic carbocycles. The Bertz CT molecular complexity index is 490. The third-order valence-electron chi connectivity index (χ3n) is 3.80. The van der Waals surface area contributed by atoms with Crippen LogP contribution in [0.15, 0.2) is 30.3 Å². The summed E-state index contributed by atoms with van der Waals surface area (Å²) in [6, 6.07) is 8.59. The van der Waals surface area contributed by atoms with Crippen molar-refractivity contribution in [3.8, 4) is 0 Å². The Morgan fingerprint density at radius 1 is 1.29 bits per heavy atom. The molecule has 0 spiro atoms. The SMILES string of the molecule is CCCCCN1C[C@@H](C(=O)O)N(Cc2ccccc2)C1=O. The zero-order valence-electron chi connectivity index (χ0n) is 12.4. The lowest BCUT2D eigenvalue weighted by Crippen LogP contribution is -2.39. The maximum atomic E-state index is 12.4. The van der Waals surface area contributed by atoms with E-state index in [2.05, 4.69) is 6.92 Å². The molecule has 1 aliphatic rings. The average molecular weight is 290 g/mol. The number of hydrogen-bond donors (Lipinski definition) is 1. The van der Waals surface area contributed by atoms with Crippen molar-refractivity contribution in [1.82, 2.24) is 9.80 Å². The zero-order chi connectivity index (χ0) is 15.2. The molecule has 21 heavy (non-hydrogen) atoms. The first-order valence-corrected chi connectivity index (χ1v) is 7.45. The Kier molecular flexibility index (Phi) is 5.20. The Morgan fingerprint density at radius 3 is 2.62 bits per heavy atom. The lowest BCUT2D eigenvalue weighted by Gasteiger charge is -2.20. The smallest absolute Gasteiger partial charge is 0.328 e. The molecule has 1 saturated heterocycles. The Morgan fingerprint density at radius 2 is 2.00 bits per heavy atom. The molecule has 5 heteroatoms. The van der Waals surface area contributed by atoms with Crippen molar-refractivity contribution in [3.05, 3.63) is 35.9 Å². The van der Waals surface area contributed by atoms with Crippen LogP contribution in [0.2, 0.25) is 0 Å². The monoisotopic (exact) mass is 290 g/mol. The molecule has 1 heterocycles. The summed E-state index contributed by atoms with van der Waals surface area (Å²) >= 11 is 0. The maximum absolute atomic E-state index is 12.4. The van der Waals surface area contributed by atoms with E-state index in [9.17, 15) is 14.7 Å². The summed E-state index contributed by atoms with van der Waals surface area (Å²) in [6.45, 7) is 3.38. The van der Waals surface area contributed by atoms with Crippen LogP contribution in [0.25, 0.3) is 0 Å². The van der Waals surface area contributed by atoms with Gasteiger partial charge in [-0.15, -0.1) is 0 Å². The van der Waals surface area contributed by atoms with Gasteiger partial charge < -0.3 is 14.9 Å². The number of carboxylic acid groups (broad SMARTS) is 1. The van der Waals surface area contributed by atoms with Gasteiger partial charge in [0.25, 0.3) is 0 Å². The highest BCUT2D eigenvalue weighted by molar-refractivity contribution is 5.86. The number of unbranched alkanes of at least 4 members (excludes halogenated alkanes) is 2. The van der Waals surface area contributed by atoms with Crippen molar-refractivity contribution in [2.24, 2.45) is 0 Å². The number of nitrogens with zero attached hydrogens (tertiary/aromatic N) is 2. The molecule has 1 atom stereocenters. The van der Waals surface area contributed by atoms with Crippen LogP contribution >= 0.6 is 0 Å². The number of aliphatic carboxylic acids is 1. The Hall–Kier alpha value is -2.04. The number of carbonyl (C=O) groups is 2. The van der Waals surface area contributed by atoms with Crippen molar-refractivity contribution in [1.29, 1.82) is 0 Å². The van der Waals surface area contributed by atoms with Gasteiger partial charge in [-0.2, -0.15) is 0 Å². The van der Waals surface area contributed by atoms with Gasteiger partial charge in [0, 0.05) is 13.1 Å². The van der Waals surface area contributed by atoms with Crippen LogP contribution in [0.5, 0.6) is 0 Å². The van der Waals surface area contributed by atoms with Crippen LogP contribution < -0.4 is 0 Å². The highest BCUT2D eigenvalue weighted by Crippen LogP contribution is 2.20. The fourth-order valence-corrected chi connectivity index (χ4v) is 2.61. The van der Waals surface area contributed by atoms with Crippen molar-refractivity contribution in [2.75, 3.05) is 13.1 Å². The highest BCUT2D eigenvalue weighted by atomic mass is 16.4. The molecule has 0 radical (unpaired) electrons. The molecule has 1 aromatic carbocycles. The van der Waals surface area contributed by atoms with Crippen LogP contribution in [0.3, 0.4) is 0 Å². The minimum Gasteiger partial charge on any atom is -0.480 e. The van der Waals surface area contributed by atoms with Crippen molar-refractivity contribution in [2.45, 2.75) is 38.8 Å². The molecule has 1 fully saturated rings. The molecular formula is C16H22N2O3. The van der Waals surface area contributed by atoms with Gasteiger partial charge in [0.1, 0.15) is 6.04 Å². The van der Waals surface area contributed by atoms with Gasteiger partial charge in [-0.1, -0.05) is 50.1 Å². The van der Waals surface area contributed by atoms with Gasteiger partial charge in [-0.3, -0.25) is 0 Å². The first kappa shape index (κ1) is 15.4. The van der Waals surface area contributed by atoms with E-state index in [-0.39, 0.29) is 12.6 Å². The molecule has 1 aliphatic heterocycles. The molecule has 5 nitrogen and oxygen atoms in total. The molecule has 0 saturated carbocycles. The molecule has 2 rings (SSSR count). The van der Waals surface area contributed by atoms with Crippen molar-refractivity contribution >= 4 is 12.0 Å². The molecule has 2 amide bonds. The zero-order valence-corrected chi connectivity index (χ0v) is 12.4. The van der Waals surface area contributed by atoms with E-state index in [4.69, 9.17) is 0 Å². The number of amides is 2. The lowest BCUT2D eigenvalue weighted by molar-refractivity contribution is -0.141. The van der Waals surface area contributed by atoms with Gasteiger partial charge in [0.05, 0.1) is 6.54 Å². The summed E-state index contributed by atoms with van der Waals surface area (Å²) in [6.07, 6.45) is 3.06. The topological polar surface area (TPSA) is 60.9 Å². The number of benzene rings is 1. The summed E-state index contributed by atoms with van der Waals surface area (Å²) in [5.41, 5.74) is 0.951. The number of carboxylic acids is 1. The Balaban J connectivity index is 2.06. The maximum Gasteiger partial charge on any atom is 0.328 e. The highest BCUT2D eigenvalue weighted by Gasteiger charge is 2.40. The minimum absolute atomic E-state index is 0.164. The molecule has 0 aromatic heterocycles. The first-order chi connectivity index (χ1) is 10.1. The van der Waals surface area contributed by atoms with Gasteiger partial charge in [0.2, 0.25) is 0 Å². The number of carbonyl (C=O) groups excluding carboxylic acids is 1. The van der Waals surface area contributed by atoms with E-state index in [0.717, 1.165) is 24.8 Å². The normalized spacial score (nSPS) is 18.3. The molecule has 1 N–H and O–H groups in total.